The third-order valence-corrected chi connectivity index (χ3v) is 9.25. The quantitative estimate of drug-likeness (QED) is 0.408. The predicted octanol–water partition coefficient (Wildman–Crippen LogP) is 4.78. The van der Waals surface area contributed by atoms with Gasteiger partial charge in [-0.25, -0.2) is 8.42 Å². The van der Waals surface area contributed by atoms with E-state index in [1.807, 2.05) is 43.5 Å². The van der Waals surface area contributed by atoms with Gasteiger partial charge in [0.15, 0.2) is 0 Å². The number of sulfonamides is 1. The van der Waals surface area contributed by atoms with Gasteiger partial charge in [-0.2, -0.15) is 0 Å². The second-order valence-electron chi connectivity index (χ2n) is 9.06. The SMILES string of the molecule is CSc1ccc(S(=O)(=O)N(CC(=O)NCC2(c3ccccc3)CCOCC2)c2ccc(C)cc2)cc1. The lowest BCUT2D eigenvalue weighted by atomic mass is 9.74. The standard InChI is InChI=1S/C28H32N2O4S2/c1-22-8-10-24(11-9-22)30(36(32,33)26-14-12-25(35-2)13-15-26)20-27(31)29-21-28(16-18-34-19-17-28)23-6-4-3-5-7-23/h3-15H,16-21H2,1-2H3,(H,29,31). The summed E-state index contributed by atoms with van der Waals surface area (Å²) in [4.78, 5) is 14.4. The number of hydrogen-bond acceptors (Lipinski definition) is 5. The van der Waals surface area contributed by atoms with E-state index in [0.29, 0.717) is 25.4 Å². The molecule has 0 saturated carbocycles. The van der Waals surface area contributed by atoms with E-state index in [1.165, 1.54) is 4.31 Å². The molecule has 0 aromatic heterocycles. The zero-order chi connectivity index (χ0) is 25.6. The van der Waals surface area contributed by atoms with Gasteiger partial charge in [0.1, 0.15) is 6.54 Å². The van der Waals surface area contributed by atoms with Crippen LogP contribution >= 0.6 is 11.8 Å². The van der Waals surface area contributed by atoms with Crippen molar-refractivity contribution in [3.8, 4) is 0 Å². The van der Waals surface area contributed by atoms with Crippen LogP contribution in [-0.2, 0) is 25.0 Å². The number of carbonyl (C=O) groups is 1. The summed E-state index contributed by atoms with van der Waals surface area (Å²) in [6, 6.07) is 24.0. The van der Waals surface area contributed by atoms with Crippen molar-refractivity contribution in [3.05, 3.63) is 90.0 Å². The molecule has 8 heteroatoms. The molecule has 0 aliphatic carbocycles. The maximum absolute atomic E-state index is 13.7. The van der Waals surface area contributed by atoms with E-state index in [4.69, 9.17) is 4.74 Å². The zero-order valence-electron chi connectivity index (χ0n) is 20.6. The van der Waals surface area contributed by atoms with Gasteiger partial charge < -0.3 is 10.1 Å². The number of aryl methyl sites for hydroxylation is 1. The second kappa shape index (κ2) is 11.5. The minimum absolute atomic E-state index is 0.152. The van der Waals surface area contributed by atoms with Crippen LogP contribution in [0, 0.1) is 6.92 Å². The molecule has 1 fully saturated rings. The molecule has 6 nitrogen and oxygen atoms in total. The van der Waals surface area contributed by atoms with Crippen molar-refractivity contribution in [2.24, 2.45) is 0 Å². The van der Waals surface area contributed by atoms with Gasteiger partial charge in [-0.1, -0.05) is 48.0 Å². The molecule has 3 aromatic rings. The summed E-state index contributed by atoms with van der Waals surface area (Å²) < 4.78 is 34.1. The lowest BCUT2D eigenvalue weighted by Crippen LogP contribution is -2.48. The first-order chi connectivity index (χ1) is 17.3. The zero-order valence-corrected chi connectivity index (χ0v) is 22.3. The van der Waals surface area contributed by atoms with Crippen LogP contribution in [-0.4, -0.2) is 46.9 Å². The molecule has 1 saturated heterocycles. The summed E-state index contributed by atoms with van der Waals surface area (Å²) in [6.45, 7) is 3.30. The molecule has 0 bridgehead atoms. The fourth-order valence-corrected chi connectivity index (χ4v) is 6.31. The minimum Gasteiger partial charge on any atom is -0.381 e. The molecule has 3 aromatic carbocycles. The number of rotatable bonds is 9. The fraction of sp³-hybridized carbons (Fsp3) is 0.321. The summed E-state index contributed by atoms with van der Waals surface area (Å²) in [5.41, 5.74) is 2.38. The Hall–Kier alpha value is -2.81. The lowest BCUT2D eigenvalue weighted by molar-refractivity contribution is -0.120. The Kier molecular flexibility index (Phi) is 8.39. The minimum atomic E-state index is -3.95. The molecule has 0 radical (unpaired) electrons. The average molecular weight is 525 g/mol. The van der Waals surface area contributed by atoms with Crippen molar-refractivity contribution in [1.29, 1.82) is 0 Å². The Bertz CT molecular complexity index is 1260. The van der Waals surface area contributed by atoms with Gasteiger partial charge in [0.25, 0.3) is 10.0 Å². The number of ether oxygens (including phenoxy) is 1. The first-order valence-corrected chi connectivity index (χ1v) is 14.6. The first-order valence-electron chi connectivity index (χ1n) is 12.0. The summed E-state index contributed by atoms with van der Waals surface area (Å²) in [5, 5.41) is 3.04. The van der Waals surface area contributed by atoms with E-state index in [9.17, 15) is 13.2 Å². The molecule has 1 amide bonds. The average Bonchev–Trinajstić information content (AvgIpc) is 2.92. The van der Waals surface area contributed by atoms with Crippen molar-refractivity contribution in [1.82, 2.24) is 5.32 Å². The van der Waals surface area contributed by atoms with Crippen LogP contribution < -0.4 is 9.62 Å². The van der Waals surface area contributed by atoms with Gasteiger partial charge in [-0.05, 0) is 68.0 Å². The van der Waals surface area contributed by atoms with Crippen molar-refractivity contribution in [2.75, 3.05) is 36.9 Å². The maximum Gasteiger partial charge on any atom is 0.264 e. The van der Waals surface area contributed by atoms with E-state index >= 15 is 0 Å². The molecule has 1 heterocycles. The Morgan fingerprint density at radius 3 is 2.22 bits per heavy atom. The van der Waals surface area contributed by atoms with Crippen molar-refractivity contribution >= 4 is 33.4 Å². The summed E-state index contributed by atoms with van der Waals surface area (Å²) >= 11 is 1.54. The van der Waals surface area contributed by atoms with Crippen molar-refractivity contribution in [2.45, 2.75) is 35.0 Å². The molecule has 1 N–H and O–H groups in total. The molecule has 0 atom stereocenters. The van der Waals surface area contributed by atoms with Gasteiger partial charge in [-0.15, -0.1) is 11.8 Å². The van der Waals surface area contributed by atoms with Crippen LogP contribution in [0.1, 0.15) is 24.0 Å². The highest BCUT2D eigenvalue weighted by molar-refractivity contribution is 7.98. The Morgan fingerprint density at radius 1 is 0.972 bits per heavy atom. The number of anilines is 1. The molecule has 0 unspecified atom stereocenters. The summed E-state index contributed by atoms with van der Waals surface area (Å²) in [6.07, 6.45) is 3.52. The highest BCUT2D eigenvalue weighted by Gasteiger charge is 2.35. The number of nitrogens with zero attached hydrogens (tertiary/aromatic N) is 1. The van der Waals surface area contributed by atoms with Gasteiger partial charge >= 0.3 is 0 Å². The van der Waals surface area contributed by atoms with Crippen LogP contribution in [0.15, 0.2) is 88.7 Å². The normalized spacial score (nSPS) is 15.3. The molecular weight excluding hydrogens is 492 g/mol. The van der Waals surface area contributed by atoms with Crippen LogP contribution in [0.5, 0.6) is 0 Å². The predicted molar refractivity (Wildman–Crippen MR) is 145 cm³/mol. The van der Waals surface area contributed by atoms with Crippen LogP contribution in [0.25, 0.3) is 0 Å². The molecule has 36 heavy (non-hydrogen) atoms. The van der Waals surface area contributed by atoms with E-state index in [0.717, 1.165) is 28.9 Å². The van der Waals surface area contributed by atoms with Crippen molar-refractivity contribution < 1.29 is 17.9 Å². The Balaban J connectivity index is 1.57. The molecule has 4 rings (SSSR count). The second-order valence-corrected chi connectivity index (χ2v) is 11.8. The molecule has 0 spiro atoms. The third kappa shape index (κ3) is 5.94. The molecule has 1 aliphatic rings. The smallest absolute Gasteiger partial charge is 0.264 e. The number of hydrogen-bond donors (Lipinski definition) is 1. The largest absolute Gasteiger partial charge is 0.381 e. The molecule has 1 aliphatic heterocycles. The molecule has 190 valence electrons. The first kappa shape index (κ1) is 26.3. The lowest BCUT2D eigenvalue weighted by Gasteiger charge is -2.38. The van der Waals surface area contributed by atoms with Gasteiger partial charge in [-0.3, -0.25) is 9.10 Å². The van der Waals surface area contributed by atoms with Crippen LogP contribution in [0.4, 0.5) is 5.69 Å². The van der Waals surface area contributed by atoms with E-state index in [2.05, 4.69) is 17.4 Å². The monoisotopic (exact) mass is 524 g/mol. The number of thioether (sulfide) groups is 1. The van der Waals surface area contributed by atoms with E-state index in [1.54, 1.807) is 48.2 Å². The molecular formula is C28H32N2O4S2. The number of benzene rings is 3. The fourth-order valence-electron chi connectivity index (χ4n) is 4.48. The van der Waals surface area contributed by atoms with Crippen molar-refractivity contribution in [3.63, 3.8) is 0 Å². The highest BCUT2D eigenvalue weighted by atomic mass is 32.2. The van der Waals surface area contributed by atoms with E-state index in [-0.39, 0.29) is 22.8 Å². The van der Waals surface area contributed by atoms with Crippen LogP contribution in [0.2, 0.25) is 0 Å². The Labute approximate surface area is 218 Å². The van der Waals surface area contributed by atoms with E-state index < -0.39 is 10.0 Å². The van der Waals surface area contributed by atoms with Gasteiger partial charge in [0.2, 0.25) is 5.91 Å². The topological polar surface area (TPSA) is 75.7 Å². The summed E-state index contributed by atoms with van der Waals surface area (Å²) in [7, 11) is -3.95. The third-order valence-electron chi connectivity index (χ3n) is 6.72. The Morgan fingerprint density at radius 2 is 1.61 bits per heavy atom. The number of amides is 1. The van der Waals surface area contributed by atoms with Crippen LogP contribution in [0.3, 0.4) is 0 Å². The summed E-state index contributed by atoms with van der Waals surface area (Å²) in [5.74, 6) is -0.346. The highest BCUT2D eigenvalue weighted by Crippen LogP contribution is 2.34. The van der Waals surface area contributed by atoms with Gasteiger partial charge in [0, 0.05) is 30.1 Å². The number of carbonyl (C=O) groups excluding carboxylic acids is 1. The van der Waals surface area contributed by atoms with Gasteiger partial charge in [0.05, 0.1) is 10.6 Å². The maximum atomic E-state index is 13.7. The number of nitrogens with one attached hydrogen (secondary N) is 1.